The first-order valence-electron chi connectivity index (χ1n) is 12.0. The molecule has 0 aromatic carbocycles. The van der Waals surface area contributed by atoms with E-state index in [1.165, 1.54) is 30.2 Å². The number of nitrogens with zero attached hydrogens (tertiary/aromatic N) is 4. The zero-order valence-corrected chi connectivity index (χ0v) is 21.7. The van der Waals surface area contributed by atoms with Crippen molar-refractivity contribution in [1.82, 2.24) is 19.9 Å². The first kappa shape index (κ1) is 28.4. The van der Waals surface area contributed by atoms with Gasteiger partial charge >= 0.3 is 6.18 Å². The van der Waals surface area contributed by atoms with Crippen LogP contribution >= 0.6 is 0 Å². The molecule has 2 aromatic heterocycles. The van der Waals surface area contributed by atoms with E-state index < -0.39 is 28.3 Å². The topological polar surface area (TPSA) is 127 Å². The summed E-state index contributed by atoms with van der Waals surface area (Å²) in [7, 11) is -1.74. The van der Waals surface area contributed by atoms with E-state index in [1.54, 1.807) is 6.92 Å². The second-order valence-corrected chi connectivity index (χ2v) is 11.5. The van der Waals surface area contributed by atoms with Crippen LogP contribution in [0.2, 0.25) is 0 Å². The SMILES string of the molecule is CCc1nc(C(=O)NCC2CCC(S(C)(=O)=O)CC2)c(C#N)n1-c1ncc(CCC(F)(F)F)cc1OC. The van der Waals surface area contributed by atoms with Crippen molar-refractivity contribution in [1.29, 1.82) is 5.26 Å². The van der Waals surface area contributed by atoms with E-state index in [1.807, 2.05) is 6.07 Å². The van der Waals surface area contributed by atoms with Gasteiger partial charge in [0.05, 0.1) is 12.4 Å². The molecule has 0 aliphatic heterocycles. The van der Waals surface area contributed by atoms with Crippen LogP contribution in [0.3, 0.4) is 0 Å². The number of halogens is 3. The maximum atomic E-state index is 13.0. The molecule has 0 unspecified atom stereocenters. The number of hydrogen-bond acceptors (Lipinski definition) is 7. The third-order valence-electron chi connectivity index (χ3n) is 6.55. The standard InChI is InChI=1S/C24H30F3N5O4S/c1-4-20-31-21(23(33)30-13-15-5-7-17(8-6-15)37(3,34)35)18(12-28)32(20)22-19(36-2)11-16(14-29-22)9-10-24(25,26)27/h11,14-15,17H,4-10,13H2,1-3H3,(H,30,33). The summed E-state index contributed by atoms with van der Waals surface area (Å²) < 4.78 is 68.1. The normalized spacial score (nSPS) is 18.3. The fraction of sp³-hybridized carbons (Fsp3) is 0.583. The van der Waals surface area contributed by atoms with E-state index in [4.69, 9.17) is 4.74 Å². The Morgan fingerprint density at radius 3 is 2.51 bits per heavy atom. The maximum absolute atomic E-state index is 13.0. The molecule has 37 heavy (non-hydrogen) atoms. The molecule has 2 aromatic rings. The van der Waals surface area contributed by atoms with Crippen molar-refractivity contribution in [3.8, 4) is 17.6 Å². The summed E-state index contributed by atoms with van der Waals surface area (Å²) in [6.45, 7) is 2.11. The number of sulfone groups is 1. The van der Waals surface area contributed by atoms with Crippen LogP contribution in [-0.4, -0.2) is 60.2 Å². The number of methoxy groups -OCH3 is 1. The van der Waals surface area contributed by atoms with Crippen molar-refractivity contribution >= 4 is 15.7 Å². The molecule has 3 rings (SSSR count). The average molecular weight is 542 g/mol. The Morgan fingerprint density at radius 1 is 1.30 bits per heavy atom. The number of aryl methyl sites for hydroxylation is 2. The molecule has 1 saturated carbocycles. The molecular formula is C24H30F3N5O4S. The fourth-order valence-corrected chi connectivity index (χ4v) is 5.63. The van der Waals surface area contributed by atoms with Gasteiger partial charge in [-0.25, -0.2) is 18.4 Å². The lowest BCUT2D eigenvalue weighted by Crippen LogP contribution is -2.34. The van der Waals surface area contributed by atoms with Gasteiger partial charge in [0.25, 0.3) is 5.91 Å². The fourth-order valence-electron chi connectivity index (χ4n) is 4.50. The number of alkyl halides is 3. The molecule has 1 aliphatic carbocycles. The Bertz CT molecular complexity index is 1280. The molecule has 0 radical (unpaired) electrons. The Labute approximate surface area is 214 Å². The minimum atomic E-state index is -4.31. The number of aromatic nitrogens is 3. The highest BCUT2D eigenvalue weighted by molar-refractivity contribution is 7.91. The molecule has 0 saturated heterocycles. The lowest BCUT2D eigenvalue weighted by atomic mass is 9.89. The zero-order chi connectivity index (χ0) is 27.4. The lowest BCUT2D eigenvalue weighted by Gasteiger charge is -2.27. The highest BCUT2D eigenvalue weighted by Gasteiger charge is 2.30. The molecule has 0 atom stereocenters. The van der Waals surface area contributed by atoms with Crippen molar-refractivity contribution in [3.63, 3.8) is 0 Å². The first-order valence-corrected chi connectivity index (χ1v) is 13.9. The highest BCUT2D eigenvalue weighted by Crippen LogP contribution is 2.30. The summed E-state index contributed by atoms with van der Waals surface area (Å²) in [5.41, 5.74) is 0.163. The number of nitriles is 1. The molecule has 0 spiro atoms. The van der Waals surface area contributed by atoms with Crippen molar-refractivity contribution < 1.29 is 31.1 Å². The zero-order valence-electron chi connectivity index (χ0n) is 20.9. The van der Waals surface area contributed by atoms with Crippen molar-refractivity contribution in [3.05, 3.63) is 35.0 Å². The molecular weight excluding hydrogens is 511 g/mol. The maximum Gasteiger partial charge on any atom is 0.389 e. The van der Waals surface area contributed by atoms with E-state index in [9.17, 15) is 31.6 Å². The molecule has 202 valence electrons. The molecule has 2 heterocycles. The van der Waals surface area contributed by atoms with E-state index in [0.717, 1.165) is 0 Å². The van der Waals surface area contributed by atoms with Gasteiger partial charge in [-0.1, -0.05) is 6.92 Å². The summed E-state index contributed by atoms with van der Waals surface area (Å²) in [5.74, 6) is 0.238. The number of pyridine rings is 1. The Morgan fingerprint density at radius 2 is 1.97 bits per heavy atom. The number of nitrogens with one attached hydrogen (secondary N) is 1. The van der Waals surface area contributed by atoms with Gasteiger partial charge in [-0.05, 0) is 49.7 Å². The van der Waals surface area contributed by atoms with E-state index in [-0.39, 0.29) is 40.5 Å². The van der Waals surface area contributed by atoms with Crippen molar-refractivity contribution in [2.75, 3.05) is 19.9 Å². The van der Waals surface area contributed by atoms with Gasteiger partial charge < -0.3 is 10.1 Å². The first-order chi connectivity index (χ1) is 17.4. The van der Waals surface area contributed by atoms with Gasteiger partial charge in [-0.15, -0.1) is 0 Å². The quantitative estimate of drug-likeness (QED) is 0.514. The molecule has 1 amide bonds. The van der Waals surface area contributed by atoms with Gasteiger partial charge in [-0.2, -0.15) is 18.4 Å². The third kappa shape index (κ3) is 7.00. The second-order valence-electron chi connectivity index (χ2n) is 9.19. The van der Waals surface area contributed by atoms with E-state index >= 15 is 0 Å². The molecule has 1 fully saturated rings. The Hall–Kier alpha value is -3.14. The van der Waals surface area contributed by atoms with Crippen molar-refractivity contribution in [2.45, 2.75) is 63.3 Å². The van der Waals surface area contributed by atoms with Crippen LogP contribution in [0.5, 0.6) is 5.75 Å². The second kappa shape index (κ2) is 11.5. The van der Waals surface area contributed by atoms with Crippen LogP contribution < -0.4 is 10.1 Å². The summed E-state index contributed by atoms with van der Waals surface area (Å²) >= 11 is 0. The van der Waals surface area contributed by atoms with Gasteiger partial charge in [0.1, 0.15) is 21.7 Å². The summed E-state index contributed by atoms with van der Waals surface area (Å²) in [5, 5.41) is 12.3. The van der Waals surface area contributed by atoms with Crippen LogP contribution in [0.4, 0.5) is 13.2 Å². The number of rotatable bonds is 9. The smallest absolute Gasteiger partial charge is 0.389 e. The predicted molar refractivity (Wildman–Crippen MR) is 129 cm³/mol. The molecule has 9 nitrogen and oxygen atoms in total. The van der Waals surface area contributed by atoms with Crippen LogP contribution in [0.25, 0.3) is 5.82 Å². The number of ether oxygens (including phenoxy) is 1. The average Bonchev–Trinajstić information content (AvgIpc) is 3.23. The minimum Gasteiger partial charge on any atom is -0.493 e. The van der Waals surface area contributed by atoms with Crippen LogP contribution in [0.1, 0.15) is 66.6 Å². The Balaban J connectivity index is 1.81. The number of carbonyl (C=O) groups is 1. The minimum absolute atomic E-state index is 0.0658. The van der Waals surface area contributed by atoms with Crippen molar-refractivity contribution in [2.24, 2.45) is 5.92 Å². The summed E-state index contributed by atoms with van der Waals surface area (Å²) in [6.07, 6.45) is -0.299. The third-order valence-corrected chi connectivity index (χ3v) is 8.24. The monoisotopic (exact) mass is 541 g/mol. The molecule has 1 N–H and O–H groups in total. The summed E-state index contributed by atoms with van der Waals surface area (Å²) in [6, 6.07) is 3.43. The van der Waals surface area contributed by atoms with Crippen LogP contribution in [0.15, 0.2) is 12.3 Å². The highest BCUT2D eigenvalue weighted by atomic mass is 32.2. The number of imidazole rings is 1. The van der Waals surface area contributed by atoms with Crippen LogP contribution in [0, 0.1) is 17.2 Å². The molecule has 0 bridgehead atoms. The number of hydrogen-bond donors (Lipinski definition) is 1. The van der Waals surface area contributed by atoms with Crippen LogP contribution in [-0.2, 0) is 22.7 Å². The summed E-state index contributed by atoms with van der Waals surface area (Å²) in [4.78, 5) is 21.6. The van der Waals surface area contributed by atoms with E-state index in [0.29, 0.717) is 50.0 Å². The lowest BCUT2D eigenvalue weighted by molar-refractivity contribution is -0.134. The molecule has 1 aliphatic rings. The number of carbonyl (C=O) groups excluding carboxylic acids is 1. The van der Waals surface area contributed by atoms with Gasteiger partial charge in [-0.3, -0.25) is 9.36 Å². The van der Waals surface area contributed by atoms with E-state index in [2.05, 4.69) is 15.3 Å². The largest absolute Gasteiger partial charge is 0.493 e. The predicted octanol–water partition coefficient (Wildman–Crippen LogP) is 3.54. The Kier molecular flexibility index (Phi) is 8.84. The molecule has 13 heteroatoms. The van der Waals surface area contributed by atoms with Gasteiger partial charge in [0.2, 0.25) is 0 Å². The van der Waals surface area contributed by atoms with Gasteiger partial charge in [0, 0.05) is 31.8 Å². The number of amides is 1. The van der Waals surface area contributed by atoms with Gasteiger partial charge in [0.15, 0.2) is 23.0 Å².